The minimum Gasteiger partial charge on any atom is -0.487 e. The summed E-state index contributed by atoms with van der Waals surface area (Å²) in [5, 5.41) is 2.62. The number of halogens is 3. The fraction of sp³-hybridized carbons (Fsp3) is 0.179. The fourth-order valence-electron chi connectivity index (χ4n) is 4.20. The van der Waals surface area contributed by atoms with E-state index in [1.165, 1.54) is 22.7 Å². The molecular formula is C28H21ClI2N2O4S2. The Morgan fingerprint density at radius 3 is 2.54 bits per heavy atom. The molecule has 11 heteroatoms. The van der Waals surface area contributed by atoms with Gasteiger partial charge in [-0.05, 0) is 112 Å². The van der Waals surface area contributed by atoms with E-state index in [-0.39, 0.29) is 12.2 Å². The van der Waals surface area contributed by atoms with Crippen LogP contribution < -0.4 is 19.6 Å². The number of carbonyl (C=O) groups excluding carboxylic acids is 1. The summed E-state index contributed by atoms with van der Waals surface area (Å²) in [5.41, 5.74) is 2.66. The van der Waals surface area contributed by atoms with Crippen LogP contribution in [-0.2, 0) is 16.1 Å². The molecule has 0 fully saturated rings. The van der Waals surface area contributed by atoms with Gasteiger partial charge in [0.25, 0.3) is 5.56 Å². The van der Waals surface area contributed by atoms with Gasteiger partial charge in [0.15, 0.2) is 4.80 Å². The number of fused-ring (bicyclic) bond motifs is 1. The molecule has 2 aromatic carbocycles. The first kappa shape index (κ1) is 28.5. The first-order valence-electron chi connectivity index (χ1n) is 11.9. The first-order chi connectivity index (χ1) is 18.8. The van der Waals surface area contributed by atoms with Crippen LogP contribution in [0.15, 0.2) is 75.0 Å². The lowest BCUT2D eigenvalue weighted by atomic mass is 10.0. The maximum Gasteiger partial charge on any atom is 0.338 e. The van der Waals surface area contributed by atoms with Crippen LogP contribution in [0, 0.1) is 7.14 Å². The number of hydrogen-bond acceptors (Lipinski definition) is 7. The van der Waals surface area contributed by atoms with Gasteiger partial charge in [0.05, 0.1) is 29.5 Å². The van der Waals surface area contributed by atoms with E-state index in [4.69, 9.17) is 21.1 Å². The monoisotopic (exact) mass is 802 g/mol. The van der Waals surface area contributed by atoms with E-state index in [1.54, 1.807) is 18.4 Å². The molecular weight excluding hydrogens is 782 g/mol. The van der Waals surface area contributed by atoms with Crippen molar-refractivity contribution >= 4 is 91.5 Å². The predicted molar refractivity (Wildman–Crippen MR) is 172 cm³/mol. The summed E-state index contributed by atoms with van der Waals surface area (Å²) >= 11 is 13.3. The molecule has 0 amide bonds. The van der Waals surface area contributed by atoms with Crippen LogP contribution in [0.25, 0.3) is 6.08 Å². The van der Waals surface area contributed by atoms with Crippen LogP contribution in [-0.4, -0.2) is 17.1 Å². The number of hydrogen-bond donors (Lipinski definition) is 0. The summed E-state index contributed by atoms with van der Waals surface area (Å²) in [5.74, 6) is 0.335. The Morgan fingerprint density at radius 1 is 1.18 bits per heavy atom. The number of aromatic nitrogens is 1. The second-order valence-corrected chi connectivity index (χ2v) is 13.3. The van der Waals surface area contributed by atoms with E-state index in [0.29, 0.717) is 32.2 Å². The lowest BCUT2D eigenvalue weighted by Crippen LogP contribution is -2.39. The van der Waals surface area contributed by atoms with Crippen molar-refractivity contribution in [2.75, 3.05) is 6.61 Å². The minimum atomic E-state index is -0.577. The van der Waals surface area contributed by atoms with Gasteiger partial charge >= 0.3 is 5.97 Å². The van der Waals surface area contributed by atoms with Gasteiger partial charge in [-0.25, -0.2) is 9.79 Å². The van der Waals surface area contributed by atoms with E-state index in [0.717, 1.165) is 28.9 Å². The highest BCUT2D eigenvalue weighted by atomic mass is 127. The third-order valence-electron chi connectivity index (χ3n) is 5.94. The zero-order valence-corrected chi connectivity index (χ0v) is 27.4. The number of thiophene rings is 1. The van der Waals surface area contributed by atoms with Crippen molar-refractivity contribution in [3.8, 4) is 5.75 Å². The van der Waals surface area contributed by atoms with Crippen molar-refractivity contribution in [3.05, 3.63) is 113 Å². The number of rotatable bonds is 7. The summed E-state index contributed by atoms with van der Waals surface area (Å²) in [7, 11) is 0. The molecule has 0 radical (unpaired) electrons. The summed E-state index contributed by atoms with van der Waals surface area (Å²) in [6.07, 6.45) is 1.87. The van der Waals surface area contributed by atoms with Crippen LogP contribution >= 0.6 is 79.5 Å². The topological polar surface area (TPSA) is 69.9 Å². The van der Waals surface area contributed by atoms with Crippen molar-refractivity contribution in [2.24, 2.45) is 4.99 Å². The molecule has 5 rings (SSSR count). The van der Waals surface area contributed by atoms with Gasteiger partial charge in [0, 0.05) is 9.90 Å². The normalized spacial score (nSPS) is 15.2. The van der Waals surface area contributed by atoms with E-state index in [2.05, 4.69) is 50.2 Å². The molecule has 1 atom stereocenters. The van der Waals surface area contributed by atoms with Gasteiger partial charge in [-0.15, -0.1) is 11.3 Å². The SMILES string of the molecule is CCOC(=O)C1=C(C)N=c2s/c(=C\c3cc(I)c(OCc4ccc(Cl)cc4)c(I)c3)c(=O)n2[C@H]1c1cccs1. The van der Waals surface area contributed by atoms with E-state index in [9.17, 15) is 9.59 Å². The summed E-state index contributed by atoms with van der Waals surface area (Å²) in [4.78, 5) is 32.7. The first-order valence-corrected chi connectivity index (χ1v) is 16.1. The second kappa shape index (κ2) is 12.2. The average Bonchev–Trinajstić information content (AvgIpc) is 3.52. The number of esters is 1. The highest BCUT2D eigenvalue weighted by Gasteiger charge is 2.33. The lowest BCUT2D eigenvalue weighted by Gasteiger charge is -2.23. The molecule has 0 aliphatic carbocycles. The van der Waals surface area contributed by atoms with Crippen molar-refractivity contribution < 1.29 is 14.3 Å². The third kappa shape index (κ3) is 6.04. The molecule has 200 valence electrons. The Balaban J connectivity index is 1.52. The van der Waals surface area contributed by atoms with Gasteiger partial charge in [-0.3, -0.25) is 9.36 Å². The van der Waals surface area contributed by atoms with Crippen molar-refractivity contribution in [2.45, 2.75) is 26.5 Å². The molecule has 1 aliphatic rings. The van der Waals surface area contributed by atoms with Gasteiger partial charge in [-0.1, -0.05) is 41.1 Å². The third-order valence-corrected chi connectivity index (χ3v) is 9.71. The number of thiazole rings is 1. The van der Waals surface area contributed by atoms with Gasteiger partial charge < -0.3 is 9.47 Å². The molecule has 0 N–H and O–H groups in total. The van der Waals surface area contributed by atoms with Crippen LogP contribution in [0.2, 0.25) is 5.02 Å². The van der Waals surface area contributed by atoms with Crippen molar-refractivity contribution in [1.82, 2.24) is 4.57 Å². The van der Waals surface area contributed by atoms with Crippen LogP contribution in [0.3, 0.4) is 0 Å². The van der Waals surface area contributed by atoms with E-state index < -0.39 is 12.0 Å². The summed E-state index contributed by atoms with van der Waals surface area (Å²) in [6, 6.07) is 14.8. The van der Waals surface area contributed by atoms with Gasteiger partial charge in [0.2, 0.25) is 0 Å². The highest BCUT2D eigenvalue weighted by Crippen LogP contribution is 2.33. The van der Waals surface area contributed by atoms with Gasteiger partial charge in [-0.2, -0.15) is 0 Å². The van der Waals surface area contributed by atoms with Gasteiger partial charge in [0.1, 0.15) is 18.4 Å². The Bertz CT molecular complexity index is 1740. The molecule has 0 saturated heterocycles. The van der Waals surface area contributed by atoms with E-state index in [1.807, 2.05) is 60.0 Å². The summed E-state index contributed by atoms with van der Waals surface area (Å²) in [6.45, 7) is 4.22. The lowest BCUT2D eigenvalue weighted by molar-refractivity contribution is -0.139. The van der Waals surface area contributed by atoms with Crippen molar-refractivity contribution in [3.63, 3.8) is 0 Å². The molecule has 0 unspecified atom stereocenters. The quantitative estimate of drug-likeness (QED) is 0.163. The number of carbonyl (C=O) groups is 1. The Hall–Kier alpha value is -2.00. The zero-order chi connectivity index (χ0) is 27.7. The molecule has 3 heterocycles. The fourth-order valence-corrected chi connectivity index (χ4v) is 8.32. The number of nitrogens with zero attached hydrogens (tertiary/aromatic N) is 2. The minimum absolute atomic E-state index is 0.195. The number of ether oxygens (including phenoxy) is 2. The standard InChI is InChI=1S/C28H21ClI2N2O4S2/c1-3-36-27(35)23-15(2)32-28-33(24(23)21-5-4-10-38-21)26(34)22(39-28)13-17-11-19(30)25(20(31)12-17)37-14-16-6-8-18(29)9-7-16/h4-13,24H,3,14H2,1-2H3/b22-13-/t24-/m0/s1. The Labute approximate surface area is 264 Å². The average molecular weight is 803 g/mol. The molecule has 0 spiro atoms. The molecule has 1 aliphatic heterocycles. The predicted octanol–water partition coefficient (Wildman–Crippen LogP) is 6.30. The maximum atomic E-state index is 13.8. The molecule has 0 bridgehead atoms. The number of benzene rings is 2. The van der Waals surface area contributed by atoms with Crippen LogP contribution in [0.5, 0.6) is 5.75 Å². The summed E-state index contributed by atoms with van der Waals surface area (Å²) < 4.78 is 15.5. The highest BCUT2D eigenvalue weighted by molar-refractivity contribution is 14.1. The second-order valence-electron chi connectivity index (χ2n) is 8.55. The molecule has 0 saturated carbocycles. The van der Waals surface area contributed by atoms with Crippen LogP contribution in [0.4, 0.5) is 0 Å². The number of allylic oxidation sites excluding steroid dienone is 1. The largest absolute Gasteiger partial charge is 0.487 e. The maximum absolute atomic E-state index is 13.8. The van der Waals surface area contributed by atoms with Crippen LogP contribution in [0.1, 0.15) is 35.9 Å². The molecule has 4 aromatic rings. The Morgan fingerprint density at radius 2 is 1.90 bits per heavy atom. The molecule has 39 heavy (non-hydrogen) atoms. The molecule has 2 aromatic heterocycles. The zero-order valence-electron chi connectivity index (χ0n) is 20.7. The van der Waals surface area contributed by atoms with Crippen molar-refractivity contribution in [1.29, 1.82) is 0 Å². The van der Waals surface area contributed by atoms with E-state index >= 15 is 0 Å². The smallest absolute Gasteiger partial charge is 0.338 e. The Kier molecular flexibility index (Phi) is 8.96. The molecule has 6 nitrogen and oxygen atoms in total.